The third-order valence-corrected chi connectivity index (χ3v) is 4.01. The molecule has 4 rings (SSSR count). The van der Waals surface area contributed by atoms with Crippen LogP contribution >= 0.6 is 0 Å². The highest BCUT2D eigenvalue weighted by atomic mass is 16.6. The summed E-state index contributed by atoms with van der Waals surface area (Å²) in [4.78, 5) is 11.0. The van der Waals surface area contributed by atoms with E-state index in [1.165, 1.54) is 5.56 Å². The lowest BCUT2D eigenvalue weighted by atomic mass is 10.0. The Morgan fingerprint density at radius 2 is 1.86 bits per heavy atom. The summed E-state index contributed by atoms with van der Waals surface area (Å²) in [6.45, 7) is 2.23. The van der Waals surface area contributed by atoms with Crippen molar-refractivity contribution in [3.8, 4) is 11.5 Å². The minimum atomic E-state index is 0.309. The van der Waals surface area contributed by atoms with E-state index in [-0.39, 0.29) is 0 Å². The number of hydrogen-bond acceptors (Lipinski definition) is 5. The van der Waals surface area contributed by atoms with Crippen LogP contribution in [-0.2, 0) is 0 Å². The Kier molecular flexibility index (Phi) is 3.10. The normalized spacial score (nSPS) is 20.6. The molecular formula is C16H17N3O2. The van der Waals surface area contributed by atoms with Crippen molar-refractivity contribution >= 4 is 5.95 Å². The van der Waals surface area contributed by atoms with Crippen molar-refractivity contribution in [1.29, 1.82) is 0 Å². The van der Waals surface area contributed by atoms with Crippen LogP contribution in [0.5, 0.6) is 11.5 Å². The number of fused-ring (bicyclic) bond motifs is 1. The van der Waals surface area contributed by atoms with Gasteiger partial charge in [0.2, 0.25) is 5.95 Å². The van der Waals surface area contributed by atoms with Gasteiger partial charge in [0.05, 0.1) is 6.04 Å². The number of anilines is 1. The van der Waals surface area contributed by atoms with Crippen molar-refractivity contribution < 1.29 is 9.47 Å². The van der Waals surface area contributed by atoms with Crippen molar-refractivity contribution in [3.05, 3.63) is 42.2 Å². The van der Waals surface area contributed by atoms with Gasteiger partial charge in [0.15, 0.2) is 11.5 Å². The lowest BCUT2D eigenvalue weighted by Crippen LogP contribution is -2.24. The summed E-state index contributed by atoms with van der Waals surface area (Å²) in [5.41, 5.74) is 1.24. The molecule has 2 aliphatic heterocycles. The van der Waals surface area contributed by atoms with Crippen LogP contribution in [0.3, 0.4) is 0 Å². The van der Waals surface area contributed by atoms with Gasteiger partial charge in [-0.25, -0.2) is 9.97 Å². The van der Waals surface area contributed by atoms with E-state index in [1.54, 1.807) is 12.4 Å². The summed E-state index contributed by atoms with van der Waals surface area (Å²) in [7, 11) is 0. The van der Waals surface area contributed by atoms with E-state index in [0.29, 0.717) is 19.3 Å². The molecule has 1 aromatic carbocycles. The maximum Gasteiger partial charge on any atom is 0.225 e. The first-order valence-corrected chi connectivity index (χ1v) is 7.35. The van der Waals surface area contributed by atoms with E-state index >= 15 is 0 Å². The van der Waals surface area contributed by atoms with Crippen LogP contribution in [-0.4, -0.2) is 29.7 Å². The highest BCUT2D eigenvalue weighted by Gasteiger charge is 2.28. The van der Waals surface area contributed by atoms with Crippen LogP contribution < -0.4 is 14.4 Å². The molecule has 0 amide bonds. The first-order chi connectivity index (χ1) is 10.4. The van der Waals surface area contributed by atoms with Crippen LogP contribution in [0.15, 0.2) is 36.7 Å². The minimum absolute atomic E-state index is 0.309. The average molecular weight is 283 g/mol. The lowest BCUT2D eigenvalue weighted by molar-refractivity contribution is 0.171. The van der Waals surface area contributed by atoms with Crippen molar-refractivity contribution in [1.82, 2.24) is 9.97 Å². The Labute approximate surface area is 123 Å². The van der Waals surface area contributed by atoms with Crippen molar-refractivity contribution in [3.63, 3.8) is 0 Å². The lowest BCUT2D eigenvalue weighted by Gasteiger charge is -2.26. The van der Waals surface area contributed by atoms with Crippen LogP contribution in [0.25, 0.3) is 0 Å². The smallest absolute Gasteiger partial charge is 0.225 e. The summed E-state index contributed by atoms with van der Waals surface area (Å²) in [5, 5.41) is 0. The number of nitrogens with zero attached hydrogens (tertiary/aromatic N) is 3. The molecule has 0 unspecified atom stereocenters. The van der Waals surface area contributed by atoms with Crippen LogP contribution in [0.1, 0.15) is 24.4 Å². The van der Waals surface area contributed by atoms with Gasteiger partial charge in [-0.3, -0.25) is 0 Å². The molecule has 2 aromatic rings. The Hall–Kier alpha value is -2.30. The first-order valence-electron chi connectivity index (χ1n) is 7.35. The molecule has 2 aliphatic rings. The van der Waals surface area contributed by atoms with Gasteiger partial charge in [0.25, 0.3) is 0 Å². The zero-order valence-electron chi connectivity index (χ0n) is 11.7. The van der Waals surface area contributed by atoms with E-state index in [9.17, 15) is 0 Å². The quantitative estimate of drug-likeness (QED) is 0.848. The molecule has 0 bridgehead atoms. The molecule has 0 aliphatic carbocycles. The Morgan fingerprint density at radius 1 is 1.05 bits per heavy atom. The minimum Gasteiger partial charge on any atom is -0.486 e. The third kappa shape index (κ3) is 2.28. The highest BCUT2D eigenvalue weighted by Crippen LogP contribution is 2.39. The summed E-state index contributed by atoms with van der Waals surface area (Å²) in [6.07, 6.45) is 5.85. The zero-order valence-corrected chi connectivity index (χ0v) is 11.7. The fraction of sp³-hybridized carbons (Fsp3) is 0.375. The van der Waals surface area contributed by atoms with Gasteiger partial charge in [0, 0.05) is 18.9 Å². The maximum absolute atomic E-state index is 5.69. The predicted molar refractivity (Wildman–Crippen MR) is 78.8 cm³/mol. The maximum atomic E-state index is 5.69. The van der Waals surface area contributed by atoms with Gasteiger partial charge in [-0.1, -0.05) is 6.07 Å². The van der Waals surface area contributed by atoms with E-state index in [0.717, 1.165) is 36.8 Å². The summed E-state index contributed by atoms with van der Waals surface area (Å²) < 4.78 is 11.3. The zero-order chi connectivity index (χ0) is 14.1. The van der Waals surface area contributed by atoms with Gasteiger partial charge < -0.3 is 14.4 Å². The summed E-state index contributed by atoms with van der Waals surface area (Å²) in [6, 6.07) is 8.38. The SMILES string of the molecule is c1cnc(N2CCC[C@H]2c2ccc3c(c2)OCCO3)nc1. The topological polar surface area (TPSA) is 47.5 Å². The number of ether oxygens (including phenoxy) is 2. The van der Waals surface area contributed by atoms with Gasteiger partial charge in [-0.15, -0.1) is 0 Å². The first kappa shape index (κ1) is 12.4. The predicted octanol–water partition coefficient (Wildman–Crippen LogP) is 2.59. The monoisotopic (exact) mass is 283 g/mol. The van der Waals surface area contributed by atoms with E-state index in [4.69, 9.17) is 9.47 Å². The van der Waals surface area contributed by atoms with E-state index in [1.807, 2.05) is 12.1 Å². The molecule has 5 heteroatoms. The molecule has 5 nitrogen and oxygen atoms in total. The standard InChI is InChI=1S/C16H17N3O2/c1-3-13(19(8-1)16-17-6-2-7-18-16)12-4-5-14-15(11-12)21-10-9-20-14/h2,4-7,11,13H,1,3,8-10H2/t13-/m0/s1. The number of rotatable bonds is 2. The molecule has 21 heavy (non-hydrogen) atoms. The Balaban J connectivity index is 1.66. The molecule has 1 saturated heterocycles. The molecule has 1 fully saturated rings. The van der Waals surface area contributed by atoms with Crippen molar-refractivity contribution in [2.75, 3.05) is 24.7 Å². The van der Waals surface area contributed by atoms with Gasteiger partial charge in [-0.2, -0.15) is 0 Å². The van der Waals surface area contributed by atoms with Crippen LogP contribution in [0.2, 0.25) is 0 Å². The summed E-state index contributed by atoms with van der Waals surface area (Å²) in [5.74, 6) is 2.49. The Morgan fingerprint density at radius 3 is 2.71 bits per heavy atom. The molecule has 108 valence electrons. The van der Waals surface area contributed by atoms with Crippen LogP contribution in [0.4, 0.5) is 5.95 Å². The molecule has 0 N–H and O–H groups in total. The van der Waals surface area contributed by atoms with E-state index in [2.05, 4.69) is 27.0 Å². The fourth-order valence-corrected chi connectivity index (χ4v) is 3.06. The number of aromatic nitrogens is 2. The summed E-state index contributed by atoms with van der Waals surface area (Å²) >= 11 is 0. The second kappa shape index (κ2) is 5.24. The van der Waals surface area contributed by atoms with E-state index < -0.39 is 0 Å². The highest BCUT2D eigenvalue weighted by molar-refractivity contribution is 5.47. The average Bonchev–Trinajstić information content (AvgIpc) is 3.05. The van der Waals surface area contributed by atoms with Crippen LogP contribution in [0, 0.1) is 0 Å². The third-order valence-electron chi connectivity index (χ3n) is 4.01. The molecule has 0 spiro atoms. The fourth-order valence-electron chi connectivity index (χ4n) is 3.06. The molecular weight excluding hydrogens is 266 g/mol. The van der Waals surface area contributed by atoms with Gasteiger partial charge in [-0.05, 0) is 36.6 Å². The van der Waals surface area contributed by atoms with Gasteiger partial charge in [0.1, 0.15) is 13.2 Å². The van der Waals surface area contributed by atoms with Gasteiger partial charge >= 0.3 is 0 Å². The Bertz CT molecular complexity index is 633. The largest absolute Gasteiger partial charge is 0.486 e. The molecule has 1 aromatic heterocycles. The molecule has 0 saturated carbocycles. The number of benzene rings is 1. The van der Waals surface area contributed by atoms with Crippen molar-refractivity contribution in [2.24, 2.45) is 0 Å². The molecule has 3 heterocycles. The second-order valence-corrected chi connectivity index (χ2v) is 5.30. The van der Waals surface area contributed by atoms with Crippen molar-refractivity contribution in [2.45, 2.75) is 18.9 Å². The number of hydrogen-bond donors (Lipinski definition) is 0. The molecule has 1 atom stereocenters. The molecule has 0 radical (unpaired) electrons. The second-order valence-electron chi connectivity index (χ2n) is 5.30.